The van der Waals surface area contributed by atoms with Crippen molar-refractivity contribution in [3.8, 4) is 0 Å². The van der Waals surface area contributed by atoms with Gasteiger partial charge in [0.1, 0.15) is 0 Å². The summed E-state index contributed by atoms with van der Waals surface area (Å²) in [6.45, 7) is 2.25. The van der Waals surface area contributed by atoms with Crippen molar-refractivity contribution in [2.75, 3.05) is 13.1 Å². The average molecular weight is 140 g/mol. The van der Waals surface area contributed by atoms with Gasteiger partial charge in [0, 0.05) is 13.1 Å². The number of hydrogen-bond acceptors (Lipinski definition) is 2. The van der Waals surface area contributed by atoms with E-state index in [1.165, 1.54) is 25.7 Å². The van der Waals surface area contributed by atoms with Crippen LogP contribution in [0.2, 0.25) is 0 Å². The molecule has 2 aliphatic rings. The van der Waals surface area contributed by atoms with E-state index in [2.05, 4.69) is 0 Å². The number of rotatable bonds is 1. The van der Waals surface area contributed by atoms with E-state index in [1.807, 2.05) is 5.01 Å². The maximum Gasteiger partial charge on any atom is 0.0131 e. The third-order valence-corrected chi connectivity index (χ3v) is 2.86. The van der Waals surface area contributed by atoms with Crippen molar-refractivity contribution in [3.63, 3.8) is 0 Å². The Morgan fingerprint density at radius 3 is 1.90 bits per heavy atom. The molecule has 58 valence electrons. The van der Waals surface area contributed by atoms with Crippen molar-refractivity contribution in [2.45, 2.75) is 25.7 Å². The van der Waals surface area contributed by atoms with Gasteiger partial charge in [-0.15, -0.1) is 0 Å². The molecule has 0 aromatic heterocycles. The summed E-state index contributed by atoms with van der Waals surface area (Å²) in [5.41, 5.74) is 0. The fourth-order valence-corrected chi connectivity index (χ4v) is 1.96. The second-order valence-corrected chi connectivity index (χ2v) is 3.71. The van der Waals surface area contributed by atoms with Crippen LogP contribution in [0.5, 0.6) is 0 Å². The second-order valence-electron chi connectivity index (χ2n) is 3.71. The van der Waals surface area contributed by atoms with E-state index >= 15 is 0 Å². The van der Waals surface area contributed by atoms with Crippen LogP contribution in [0.4, 0.5) is 0 Å². The molecule has 2 nitrogen and oxygen atoms in total. The molecule has 1 heterocycles. The Bertz CT molecular complexity index is 112. The molecule has 2 rings (SSSR count). The maximum absolute atomic E-state index is 5.65. The van der Waals surface area contributed by atoms with E-state index in [9.17, 15) is 0 Å². The lowest BCUT2D eigenvalue weighted by Gasteiger charge is -2.28. The Morgan fingerprint density at radius 1 is 0.900 bits per heavy atom. The molecule has 0 amide bonds. The van der Waals surface area contributed by atoms with E-state index in [-0.39, 0.29) is 0 Å². The lowest BCUT2D eigenvalue weighted by atomic mass is 9.93. The van der Waals surface area contributed by atoms with Gasteiger partial charge in [0.15, 0.2) is 0 Å². The van der Waals surface area contributed by atoms with Crippen LogP contribution in [0.25, 0.3) is 0 Å². The molecular weight excluding hydrogens is 124 g/mol. The van der Waals surface area contributed by atoms with E-state index in [4.69, 9.17) is 5.84 Å². The van der Waals surface area contributed by atoms with Gasteiger partial charge in [0.25, 0.3) is 0 Å². The lowest BCUT2D eigenvalue weighted by molar-refractivity contribution is 0.175. The third kappa shape index (κ3) is 1.32. The first-order valence-electron chi connectivity index (χ1n) is 4.36. The Morgan fingerprint density at radius 2 is 1.40 bits per heavy atom. The quantitative estimate of drug-likeness (QED) is 0.550. The van der Waals surface area contributed by atoms with Crippen molar-refractivity contribution in [2.24, 2.45) is 17.7 Å². The molecule has 2 fully saturated rings. The van der Waals surface area contributed by atoms with Gasteiger partial charge in [-0.05, 0) is 37.5 Å². The molecule has 2 heteroatoms. The number of hydrazine groups is 1. The maximum atomic E-state index is 5.65. The van der Waals surface area contributed by atoms with Crippen LogP contribution in [-0.2, 0) is 0 Å². The summed E-state index contributed by atoms with van der Waals surface area (Å²) in [7, 11) is 0. The predicted molar refractivity (Wildman–Crippen MR) is 41.2 cm³/mol. The molecule has 0 aromatic rings. The summed E-state index contributed by atoms with van der Waals surface area (Å²) < 4.78 is 0. The highest BCUT2D eigenvalue weighted by atomic mass is 15.4. The van der Waals surface area contributed by atoms with Gasteiger partial charge in [0.05, 0.1) is 0 Å². The molecule has 0 unspecified atom stereocenters. The lowest BCUT2D eigenvalue weighted by Crippen LogP contribution is -2.39. The van der Waals surface area contributed by atoms with Crippen molar-refractivity contribution in [1.82, 2.24) is 5.01 Å². The average Bonchev–Trinajstić information content (AvgIpc) is 2.71. The van der Waals surface area contributed by atoms with Gasteiger partial charge >= 0.3 is 0 Å². The van der Waals surface area contributed by atoms with Crippen LogP contribution in [-0.4, -0.2) is 18.1 Å². The largest absolute Gasteiger partial charge is 0.269 e. The van der Waals surface area contributed by atoms with E-state index < -0.39 is 0 Å². The molecule has 0 radical (unpaired) electrons. The molecule has 2 N–H and O–H groups in total. The third-order valence-electron chi connectivity index (χ3n) is 2.86. The van der Waals surface area contributed by atoms with Crippen molar-refractivity contribution in [3.05, 3.63) is 0 Å². The molecule has 10 heavy (non-hydrogen) atoms. The predicted octanol–water partition coefficient (Wildman–Crippen LogP) is 0.982. The number of nitrogens with two attached hydrogens (primary N) is 1. The van der Waals surface area contributed by atoms with E-state index in [1.54, 1.807) is 0 Å². The van der Waals surface area contributed by atoms with Crippen molar-refractivity contribution >= 4 is 0 Å². The Hall–Kier alpha value is -0.0800. The minimum Gasteiger partial charge on any atom is -0.269 e. The zero-order valence-electron chi connectivity index (χ0n) is 6.42. The highest BCUT2D eigenvalue weighted by Crippen LogP contribution is 2.41. The summed E-state index contributed by atoms with van der Waals surface area (Å²) in [5.74, 6) is 7.77. The topological polar surface area (TPSA) is 29.3 Å². The van der Waals surface area contributed by atoms with Gasteiger partial charge in [-0.1, -0.05) is 0 Å². The first-order chi connectivity index (χ1) is 4.86. The molecule has 0 atom stereocenters. The van der Waals surface area contributed by atoms with E-state index in [0.717, 1.165) is 24.9 Å². The van der Waals surface area contributed by atoms with Crippen LogP contribution in [0, 0.1) is 11.8 Å². The molecule has 1 aliphatic heterocycles. The summed E-state index contributed by atoms with van der Waals surface area (Å²) >= 11 is 0. The fourth-order valence-electron chi connectivity index (χ4n) is 1.96. The summed E-state index contributed by atoms with van der Waals surface area (Å²) in [6, 6.07) is 0. The van der Waals surface area contributed by atoms with Crippen LogP contribution in [0.15, 0.2) is 0 Å². The first kappa shape index (κ1) is 6.62. The molecule has 0 spiro atoms. The number of nitrogens with zero attached hydrogens (tertiary/aromatic N) is 1. The van der Waals surface area contributed by atoms with Crippen LogP contribution in [0.1, 0.15) is 25.7 Å². The molecule has 1 saturated carbocycles. The summed E-state index contributed by atoms with van der Waals surface area (Å²) in [6.07, 6.45) is 5.69. The van der Waals surface area contributed by atoms with Gasteiger partial charge in [-0.2, -0.15) is 0 Å². The highest BCUT2D eigenvalue weighted by Gasteiger charge is 2.32. The van der Waals surface area contributed by atoms with Gasteiger partial charge < -0.3 is 0 Å². The van der Waals surface area contributed by atoms with Gasteiger partial charge in [0.2, 0.25) is 0 Å². The molecule has 0 aromatic carbocycles. The van der Waals surface area contributed by atoms with Crippen LogP contribution < -0.4 is 5.84 Å². The zero-order chi connectivity index (χ0) is 6.97. The Balaban J connectivity index is 1.79. The standard InChI is InChI=1S/C8H16N2/c9-10-5-3-8(4-6-10)7-1-2-7/h7-8H,1-6,9H2. The summed E-state index contributed by atoms with van der Waals surface area (Å²) in [5, 5.41) is 1.96. The minimum absolute atomic E-state index is 1.03. The number of hydrogen-bond donors (Lipinski definition) is 1. The van der Waals surface area contributed by atoms with Crippen molar-refractivity contribution in [1.29, 1.82) is 0 Å². The Labute approximate surface area is 62.4 Å². The minimum atomic E-state index is 1.03. The second kappa shape index (κ2) is 2.51. The smallest absolute Gasteiger partial charge is 0.0131 e. The first-order valence-corrected chi connectivity index (χ1v) is 4.36. The molecule has 1 aliphatic carbocycles. The fraction of sp³-hybridized carbons (Fsp3) is 1.00. The normalized spacial score (nSPS) is 30.9. The van der Waals surface area contributed by atoms with Gasteiger partial charge in [-0.25, -0.2) is 5.01 Å². The summed E-state index contributed by atoms with van der Waals surface area (Å²) in [4.78, 5) is 0. The van der Waals surface area contributed by atoms with Crippen molar-refractivity contribution < 1.29 is 0 Å². The molecule has 1 saturated heterocycles. The SMILES string of the molecule is NN1CCC(C2CC2)CC1. The molecule has 0 bridgehead atoms. The molecular formula is C8H16N2. The Kier molecular flexibility index (Phi) is 1.66. The number of piperidine rings is 1. The highest BCUT2D eigenvalue weighted by molar-refractivity contribution is 4.84. The van der Waals surface area contributed by atoms with Gasteiger partial charge in [-0.3, -0.25) is 5.84 Å². The zero-order valence-corrected chi connectivity index (χ0v) is 6.42. The monoisotopic (exact) mass is 140 g/mol. The van der Waals surface area contributed by atoms with Crippen LogP contribution in [0.3, 0.4) is 0 Å². The van der Waals surface area contributed by atoms with E-state index in [0.29, 0.717) is 0 Å². The van der Waals surface area contributed by atoms with Crippen LogP contribution >= 0.6 is 0 Å².